The molecule has 0 unspecified atom stereocenters. The first-order valence-corrected chi connectivity index (χ1v) is 12.0. The van der Waals surface area contributed by atoms with Crippen molar-refractivity contribution in [2.24, 2.45) is 0 Å². The van der Waals surface area contributed by atoms with Crippen LogP contribution < -0.4 is 14.4 Å². The number of urea groups is 1. The number of benzene rings is 3. The molecular weight excluding hydrogens is 559 g/mol. The number of amides is 2. The SMILES string of the molecule is O=C1NCc2c(-c3ccc(F)cc3Cl)cc(OS(=O)(=O)C(F)(F)F)cc2N1c1c(Cl)cccc1Cl. The van der Waals surface area contributed by atoms with Crippen molar-refractivity contribution in [1.82, 2.24) is 5.32 Å². The Morgan fingerprint density at radius 3 is 2.20 bits per heavy atom. The number of halogens is 7. The van der Waals surface area contributed by atoms with Gasteiger partial charge in [0.1, 0.15) is 11.6 Å². The predicted molar refractivity (Wildman–Crippen MR) is 123 cm³/mol. The van der Waals surface area contributed by atoms with Crippen LogP contribution in [0.2, 0.25) is 15.1 Å². The smallest absolute Gasteiger partial charge is 0.376 e. The summed E-state index contributed by atoms with van der Waals surface area (Å²) in [4.78, 5) is 13.8. The first-order chi connectivity index (χ1) is 16.3. The van der Waals surface area contributed by atoms with E-state index in [1.54, 1.807) is 0 Å². The number of rotatable bonds is 4. The predicted octanol–water partition coefficient (Wildman–Crippen LogP) is 7.04. The third-order valence-corrected chi connectivity index (χ3v) is 6.83. The second-order valence-corrected chi connectivity index (χ2v) is 9.90. The number of nitrogens with one attached hydrogen (secondary N) is 1. The number of alkyl halides is 3. The lowest BCUT2D eigenvalue weighted by molar-refractivity contribution is -0.0500. The van der Waals surface area contributed by atoms with Gasteiger partial charge in [-0.2, -0.15) is 21.6 Å². The molecule has 6 nitrogen and oxygen atoms in total. The van der Waals surface area contributed by atoms with Crippen molar-refractivity contribution in [3.63, 3.8) is 0 Å². The fourth-order valence-electron chi connectivity index (χ4n) is 3.46. The normalized spacial score (nSPS) is 13.9. The number of fused-ring (bicyclic) bond motifs is 1. The molecule has 0 bridgehead atoms. The molecule has 184 valence electrons. The van der Waals surface area contributed by atoms with Gasteiger partial charge in [0.05, 0.1) is 26.4 Å². The third kappa shape index (κ3) is 4.73. The molecule has 0 aliphatic carbocycles. The van der Waals surface area contributed by atoms with Crippen molar-refractivity contribution in [1.29, 1.82) is 0 Å². The minimum absolute atomic E-state index is 0.0127. The lowest BCUT2D eigenvalue weighted by Crippen LogP contribution is -2.41. The van der Waals surface area contributed by atoms with E-state index in [1.165, 1.54) is 24.3 Å². The zero-order valence-corrected chi connectivity index (χ0v) is 20.0. The lowest BCUT2D eigenvalue weighted by atomic mass is 9.95. The van der Waals surface area contributed by atoms with E-state index >= 15 is 0 Å². The zero-order chi connectivity index (χ0) is 25.7. The summed E-state index contributed by atoms with van der Waals surface area (Å²) in [5.74, 6) is -1.46. The van der Waals surface area contributed by atoms with Gasteiger partial charge in [-0.05, 0) is 42.0 Å². The Morgan fingerprint density at radius 1 is 0.943 bits per heavy atom. The van der Waals surface area contributed by atoms with Crippen LogP contribution in [-0.4, -0.2) is 20.0 Å². The van der Waals surface area contributed by atoms with E-state index in [0.717, 1.165) is 29.2 Å². The molecule has 0 fully saturated rings. The number of carbonyl (C=O) groups excluding carboxylic acids is 1. The molecule has 3 aromatic carbocycles. The highest BCUT2D eigenvalue weighted by atomic mass is 35.5. The lowest BCUT2D eigenvalue weighted by Gasteiger charge is -2.33. The summed E-state index contributed by atoms with van der Waals surface area (Å²) in [5, 5.41) is 2.51. The second-order valence-electron chi connectivity index (χ2n) is 7.14. The van der Waals surface area contributed by atoms with Crippen LogP contribution in [0.1, 0.15) is 5.56 Å². The molecule has 35 heavy (non-hydrogen) atoms. The van der Waals surface area contributed by atoms with E-state index in [0.29, 0.717) is 5.56 Å². The summed E-state index contributed by atoms with van der Waals surface area (Å²) < 4.78 is 80.5. The highest BCUT2D eigenvalue weighted by molar-refractivity contribution is 7.88. The summed E-state index contributed by atoms with van der Waals surface area (Å²) in [6.45, 7) is -0.137. The Bertz CT molecular complexity index is 1450. The average molecular weight is 570 g/mol. The maximum absolute atomic E-state index is 13.7. The maximum Gasteiger partial charge on any atom is 0.534 e. The van der Waals surface area contributed by atoms with Gasteiger partial charge in [-0.3, -0.25) is 4.90 Å². The van der Waals surface area contributed by atoms with Crippen LogP contribution in [0.4, 0.5) is 33.7 Å². The van der Waals surface area contributed by atoms with Gasteiger partial charge in [0, 0.05) is 23.7 Å². The summed E-state index contributed by atoms with van der Waals surface area (Å²) in [6, 6.07) is 8.80. The van der Waals surface area contributed by atoms with Crippen molar-refractivity contribution in [3.8, 4) is 16.9 Å². The molecular formula is C21H11Cl3F4N2O4S. The zero-order valence-electron chi connectivity index (χ0n) is 17.0. The van der Waals surface area contributed by atoms with Gasteiger partial charge in [-0.25, -0.2) is 9.18 Å². The van der Waals surface area contributed by atoms with Crippen molar-refractivity contribution in [3.05, 3.63) is 75.0 Å². The van der Waals surface area contributed by atoms with Gasteiger partial charge < -0.3 is 9.50 Å². The largest absolute Gasteiger partial charge is 0.534 e. The Morgan fingerprint density at radius 2 is 1.60 bits per heavy atom. The first-order valence-electron chi connectivity index (χ1n) is 9.45. The van der Waals surface area contributed by atoms with Crippen LogP contribution in [0.25, 0.3) is 11.1 Å². The van der Waals surface area contributed by atoms with Gasteiger partial charge >= 0.3 is 21.7 Å². The molecule has 0 radical (unpaired) electrons. The highest BCUT2D eigenvalue weighted by Gasteiger charge is 2.49. The Labute approximate surface area is 211 Å². The Hall–Kier alpha value is -2.73. The van der Waals surface area contributed by atoms with E-state index < -0.39 is 33.2 Å². The van der Waals surface area contributed by atoms with Gasteiger partial charge in [0.25, 0.3) is 0 Å². The molecule has 0 aromatic heterocycles. The second kappa shape index (κ2) is 9.05. The van der Waals surface area contributed by atoms with Gasteiger partial charge in [0.2, 0.25) is 0 Å². The van der Waals surface area contributed by atoms with E-state index in [-0.39, 0.29) is 44.1 Å². The monoisotopic (exact) mass is 568 g/mol. The summed E-state index contributed by atoms with van der Waals surface area (Å²) >= 11 is 18.7. The number of hydrogen-bond acceptors (Lipinski definition) is 4. The molecule has 0 spiro atoms. The molecule has 0 saturated heterocycles. The molecule has 1 aliphatic heterocycles. The average Bonchev–Trinajstić information content (AvgIpc) is 2.73. The van der Waals surface area contributed by atoms with Crippen molar-refractivity contribution < 1.29 is 35.0 Å². The molecule has 1 aliphatic rings. The van der Waals surface area contributed by atoms with Crippen molar-refractivity contribution in [2.75, 3.05) is 4.90 Å². The summed E-state index contributed by atoms with van der Waals surface area (Å²) in [5.41, 5.74) is -5.30. The molecule has 14 heteroatoms. The van der Waals surface area contributed by atoms with E-state index in [2.05, 4.69) is 9.50 Å². The van der Waals surface area contributed by atoms with Crippen molar-refractivity contribution in [2.45, 2.75) is 12.1 Å². The number of hydrogen-bond donors (Lipinski definition) is 1. The van der Waals surface area contributed by atoms with Crippen LogP contribution in [0.15, 0.2) is 48.5 Å². The standard InChI is InChI=1S/C21H11Cl3F4N2O4S/c22-15-2-1-3-16(23)19(15)30-18-8-11(34-35(32,33)21(26,27)28)7-13(14(18)9-29-20(30)31)12-5-4-10(25)6-17(12)24/h1-8H,9H2,(H,29,31). The number of anilines is 2. The minimum Gasteiger partial charge on any atom is -0.376 e. The fraction of sp³-hybridized carbons (Fsp3) is 0.0952. The summed E-state index contributed by atoms with van der Waals surface area (Å²) in [7, 11) is -6.07. The molecule has 2 amide bonds. The minimum atomic E-state index is -6.07. The molecule has 1 heterocycles. The van der Waals surface area contributed by atoms with Crippen LogP contribution >= 0.6 is 34.8 Å². The third-order valence-electron chi connectivity index (χ3n) is 4.93. The molecule has 1 N–H and O–H groups in total. The number of nitrogens with zero attached hydrogens (tertiary/aromatic N) is 1. The van der Waals surface area contributed by atoms with Gasteiger partial charge in [0.15, 0.2) is 0 Å². The van der Waals surface area contributed by atoms with E-state index in [4.69, 9.17) is 34.8 Å². The highest BCUT2D eigenvalue weighted by Crippen LogP contribution is 2.46. The van der Waals surface area contributed by atoms with E-state index in [1.807, 2.05) is 0 Å². The first kappa shape index (κ1) is 25.4. The van der Waals surface area contributed by atoms with Crippen LogP contribution in [0, 0.1) is 5.82 Å². The molecule has 3 aromatic rings. The fourth-order valence-corrected chi connectivity index (χ4v) is 4.74. The Kier molecular flexibility index (Phi) is 6.56. The van der Waals surface area contributed by atoms with Crippen LogP contribution in [-0.2, 0) is 16.7 Å². The van der Waals surface area contributed by atoms with Crippen LogP contribution in [0.5, 0.6) is 5.75 Å². The maximum atomic E-state index is 13.7. The number of carbonyl (C=O) groups is 1. The van der Waals surface area contributed by atoms with E-state index in [9.17, 15) is 30.8 Å². The summed E-state index contributed by atoms with van der Waals surface area (Å²) in [6.07, 6.45) is 0. The topological polar surface area (TPSA) is 75.7 Å². The van der Waals surface area contributed by atoms with Crippen molar-refractivity contribution >= 4 is 62.3 Å². The number of para-hydroxylation sites is 1. The molecule has 4 rings (SSSR count). The molecule has 0 saturated carbocycles. The van der Waals surface area contributed by atoms with Gasteiger partial charge in [-0.1, -0.05) is 40.9 Å². The van der Waals surface area contributed by atoms with Gasteiger partial charge in [-0.15, -0.1) is 0 Å². The Balaban J connectivity index is 2.02. The molecule has 0 atom stereocenters. The van der Waals surface area contributed by atoms with Crippen LogP contribution in [0.3, 0.4) is 0 Å². The quantitative estimate of drug-likeness (QED) is 0.208.